The molecule has 0 aromatic heterocycles. The van der Waals surface area contributed by atoms with Crippen LogP contribution in [0.25, 0.3) is 0 Å². The molecule has 6 unspecified atom stereocenters. The first-order valence-corrected chi connectivity index (χ1v) is 17.8. The highest BCUT2D eigenvalue weighted by Crippen LogP contribution is 2.29. The molecule has 0 radical (unpaired) electrons. The minimum atomic E-state index is -0.967. The minimum Gasteiger partial charge on any atom is -0.455 e. The number of carbonyl (C=O) groups is 1. The van der Waals surface area contributed by atoms with Crippen LogP contribution in [0, 0.1) is 0 Å². The SMILES string of the molecule is CCCCCCCCCCCCC(O)C(O)CCC(O)CC(O)C[C@@H](O)[C@H]1CC[C@H]([C@@H](O)CCC(O)CC2=CC(C)OC2=O)O1. The lowest BCUT2D eigenvalue weighted by Crippen LogP contribution is -2.34. The quantitative estimate of drug-likeness (QED) is 0.0539. The first-order chi connectivity index (χ1) is 21.5. The number of rotatable bonds is 26. The van der Waals surface area contributed by atoms with Gasteiger partial charge in [0.25, 0.3) is 0 Å². The van der Waals surface area contributed by atoms with Crippen LogP contribution in [0.5, 0.6) is 0 Å². The first kappa shape index (κ1) is 40.1. The summed E-state index contributed by atoms with van der Waals surface area (Å²) in [7, 11) is 0. The van der Waals surface area contributed by atoms with Crippen LogP contribution in [0.4, 0.5) is 0 Å². The molecule has 45 heavy (non-hydrogen) atoms. The number of hydrogen-bond acceptors (Lipinski definition) is 10. The lowest BCUT2D eigenvalue weighted by atomic mass is 9.96. The van der Waals surface area contributed by atoms with Crippen molar-refractivity contribution in [2.75, 3.05) is 0 Å². The van der Waals surface area contributed by atoms with Crippen molar-refractivity contribution >= 4 is 5.97 Å². The largest absolute Gasteiger partial charge is 0.455 e. The van der Waals surface area contributed by atoms with Crippen LogP contribution >= 0.6 is 0 Å². The van der Waals surface area contributed by atoms with Crippen molar-refractivity contribution < 1.29 is 50.0 Å². The Hall–Kier alpha value is -1.11. The summed E-state index contributed by atoms with van der Waals surface area (Å²) in [6, 6.07) is 0. The Morgan fingerprint density at radius 1 is 0.667 bits per heavy atom. The summed E-state index contributed by atoms with van der Waals surface area (Å²) in [5.41, 5.74) is 0.446. The first-order valence-electron chi connectivity index (χ1n) is 17.8. The van der Waals surface area contributed by atoms with E-state index in [1.165, 1.54) is 44.9 Å². The molecule has 264 valence electrons. The Bertz CT molecular complexity index is 822. The molecule has 2 aliphatic heterocycles. The molecular weight excluding hydrogens is 580 g/mol. The van der Waals surface area contributed by atoms with E-state index in [9.17, 15) is 40.5 Å². The van der Waals surface area contributed by atoms with Gasteiger partial charge in [-0.1, -0.05) is 71.1 Å². The average molecular weight is 645 g/mol. The van der Waals surface area contributed by atoms with Crippen molar-refractivity contribution in [3.63, 3.8) is 0 Å². The van der Waals surface area contributed by atoms with Crippen molar-refractivity contribution in [1.82, 2.24) is 0 Å². The fourth-order valence-corrected chi connectivity index (χ4v) is 6.49. The highest BCUT2D eigenvalue weighted by atomic mass is 16.5. The molecular formula is C35H64O10. The van der Waals surface area contributed by atoms with E-state index in [1.807, 2.05) is 0 Å². The van der Waals surface area contributed by atoms with E-state index in [2.05, 4.69) is 6.92 Å². The fourth-order valence-electron chi connectivity index (χ4n) is 6.49. The number of aliphatic hydroxyl groups excluding tert-OH is 7. The van der Waals surface area contributed by atoms with E-state index in [1.54, 1.807) is 13.0 Å². The number of carbonyl (C=O) groups excluding carboxylic acids is 1. The van der Waals surface area contributed by atoms with Gasteiger partial charge in [0.2, 0.25) is 0 Å². The summed E-state index contributed by atoms with van der Waals surface area (Å²) in [4.78, 5) is 11.7. The Morgan fingerprint density at radius 2 is 1.22 bits per heavy atom. The minimum absolute atomic E-state index is 0.0107. The Kier molecular flexibility index (Phi) is 20.0. The number of unbranched alkanes of at least 4 members (excludes halogenated alkanes) is 9. The van der Waals surface area contributed by atoms with Crippen LogP contribution < -0.4 is 0 Å². The normalized spacial score (nSPS) is 25.0. The molecule has 10 atom stereocenters. The van der Waals surface area contributed by atoms with Gasteiger partial charge < -0.3 is 45.2 Å². The van der Waals surface area contributed by atoms with Crippen LogP contribution in [0.1, 0.15) is 142 Å². The molecule has 0 saturated carbocycles. The summed E-state index contributed by atoms with van der Waals surface area (Å²) < 4.78 is 10.9. The van der Waals surface area contributed by atoms with Gasteiger partial charge in [0.15, 0.2) is 0 Å². The molecule has 1 saturated heterocycles. The van der Waals surface area contributed by atoms with Crippen molar-refractivity contribution in [2.45, 2.75) is 203 Å². The molecule has 0 amide bonds. The second-order valence-corrected chi connectivity index (χ2v) is 13.6. The highest BCUT2D eigenvalue weighted by molar-refractivity contribution is 5.90. The summed E-state index contributed by atoms with van der Waals surface area (Å²) in [5.74, 6) is -0.418. The molecule has 2 heterocycles. The smallest absolute Gasteiger partial charge is 0.334 e. The van der Waals surface area contributed by atoms with Gasteiger partial charge >= 0.3 is 5.97 Å². The standard InChI is InChI=1S/C35H64O10/c1-3-4-5-6-7-8-9-10-11-12-13-29(39)30(40)16-14-27(37)22-28(38)23-32(42)34-19-18-33(45-34)31(41)17-15-26(36)21-25-20-24(2)44-35(25)43/h20,24,26-34,36-42H,3-19,21-23H2,1-2H3/t24?,26?,27?,28?,29?,30?,31-,32+,33+,34+/m0/s1. The van der Waals surface area contributed by atoms with Crippen LogP contribution in [0.3, 0.4) is 0 Å². The van der Waals surface area contributed by atoms with Crippen LogP contribution in [0.2, 0.25) is 0 Å². The zero-order valence-corrected chi connectivity index (χ0v) is 27.8. The van der Waals surface area contributed by atoms with Gasteiger partial charge in [-0.05, 0) is 64.4 Å². The molecule has 0 aromatic carbocycles. The number of cyclic esters (lactones) is 1. The lowest BCUT2D eigenvalue weighted by Gasteiger charge is -2.25. The van der Waals surface area contributed by atoms with Gasteiger partial charge in [0.05, 0.1) is 54.9 Å². The van der Waals surface area contributed by atoms with Gasteiger partial charge in [0.1, 0.15) is 6.10 Å². The van der Waals surface area contributed by atoms with E-state index in [0.717, 1.165) is 19.3 Å². The van der Waals surface area contributed by atoms with Crippen LogP contribution in [-0.4, -0.2) is 103 Å². The van der Waals surface area contributed by atoms with E-state index in [0.29, 0.717) is 24.8 Å². The molecule has 0 spiro atoms. The highest BCUT2D eigenvalue weighted by Gasteiger charge is 2.36. The molecule has 10 nitrogen and oxygen atoms in total. The van der Waals surface area contributed by atoms with Crippen molar-refractivity contribution in [1.29, 1.82) is 0 Å². The topological polar surface area (TPSA) is 177 Å². The Balaban J connectivity index is 1.54. The van der Waals surface area contributed by atoms with Gasteiger partial charge in [-0.25, -0.2) is 4.79 Å². The number of aliphatic hydroxyl groups is 7. The number of hydrogen-bond donors (Lipinski definition) is 7. The van der Waals surface area contributed by atoms with Crippen LogP contribution in [0.15, 0.2) is 11.6 Å². The molecule has 0 aromatic rings. The monoisotopic (exact) mass is 644 g/mol. The third kappa shape index (κ3) is 16.5. The van der Waals surface area contributed by atoms with Crippen molar-refractivity contribution in [2.24, 2.45) is 0 Å². The Morgan fingerprint density at radius 3 is 1.82 bits per heavy atom. The Labute approximate surface area is 270 Å². The molecule has 0 aliphatic carbocycles. The number of ether oxygens (including phenoxy) is 2. The molecule has 7 N–H and O–H groups in total. The zero-order chi connectivity index (χ0) is 33.2. The zero-order valence-electron chi connectivity index (χ0n) is 27.8. The molecule has 10 heteroatoms. The summed E-state index contributed by atoms with van der Waals surface area (Å²) in [5, 5.41) is 72.9. The number of esters is 1. The maximum absolute atomic E-state index is 11.7. The van der Waals surface area contributed by atoms with Crippen molar-refractivity contribution in [3.8, 4) is 0 Å². The van der Waals surface area contributed by atoms with Gasteiger partial charge in [0, 0.05) is 18.4 Å². The second kappa shape index (κ2) is 22.5. The van der Waals surface area contributed by atoms with Crippen LogP contribution in [-0.2, 0) is 14.3 Å². The summed E-state index contributed by atoms with van der Waals surface area (Å²) in [6.45, 7) is 3.98. The lowest BCUT2D eigenvalue weighted by molar-refractivity contribution is -0.139. The third-order valence-corrected chi connectivity index (χ3v) is 9.34. The van der Waals surface area contributed by atoms with Gasteiger partial charge in [-0.3, -0.25) is 0 Å². The fraction of sp³-hybridized carbons (Fsp3) is 0.914. The summed E-state index contributed by atoms with van der Waals surface area (Å²) >= 11 is 0. The van der Waals surface area contributed by atoms with Crippen molar-refractivity contribution in [3.05, 3.63) is 11.6 Å². The molecule has 1 fully saturated rings. The maximum Gasteiger partial charge on any atom is 0.334 e. The van der Waals surface area contributed by atoms with Gasteiger partial charge in [-0.15, -0.1) is 0 Å². The third-order valence-electron chi connectivity index (χ3n) is 9.34. The van der Waals surface area contributed by atoms with E-state index in [4.69, 9.17) is 9.47 Å². The predicted molar refractivity (Wildman–Crippen MR) is 172 cm³/mol. The van der Waals surface area contributed by atoms with Gasteiger partial charge in [-0.2, -0.15) is 0 Å². The predicted octanol–water partition coefficient (Wildman–Crippen LogP) is 3.97. The van der Waals surface area contributed by atoms with E-state index < -0.39 is 60.9 Å². The van der Waals surface area contributed by atoms with E-state index in [-0.39, 0.29) is 51.0 Å². The maximum atomic E-state index is 11.7. The molecule has 2 rings (SSSR count). The molecule has 2 aliphatic rings. The van der Waals surface area contributed by atoms with E-state index >= 15 is 0 Å². The average Bonchev–Trinajstić information content (AvgIpc) is 3.61. The molecule has 0 bridgehead atoms. The second-order valence-electron chi connectivity index (χ2n) is 13.6. The summed E-state index contributed by atoms with van der Waals surface area (Å²) in [6.07, 6.45) is 9.08.